The lowest BCUT2D eigenvalue weighted by molar-refractivity contribution is -0.151. The summed E-state index contributed by atoms with van der Waals surface area (Å²) in [6.45, 7) is 1.98. The average Bonchev–Trinajstić information content (AvgIpc) is 2.04. The number of carbonyl (C=O) groups is 1. The number of carbonyl (C=O) groups excluding carboxylic acids is 1. The van der Waals surface area contributed by atoms with Gasteiger partial charge in [-0.25, -0.2) is 8.78 Å². The predicted octanol–water partition coefficient (Wildman–Crippen LogP) is 1.55. The third-order valence-electron chi connectivity index (χ3n) is 2.98. The largest absolute Gasteiger partial charge is 0.306 e. The van der Waals surface area contributed by atoms with Gasteiger partial charge in [-0.15, -0.1) is 0 Å². The molecule has 0 aromatic carbocycles. The zero-order valence-corrected chi connectivity index (χ0v) is 8.02. The quantitative estimate of drug-likeness (QED) is 0.617. The minimum absolute atomic E-state index is 0.260. The van der Waals surface area contributed by atoms with Gasteiger partial charge in [-0.3, -0.25) is 0 Å². The standard InChI is InChI=1S/C9H15F2NO/c1-8(10,11)9(7-13)3-5-12(2)6-4-9/h7H,3-6H2,1-2H3. The number of rotatable bonds is 2. The maximum atomic E-state index is 13.1. The molecular formula is C9H15F2NO. The smallest absolute Gasteiger partial charge is 0.257 e. The fourth-order valence-corrected chi connectivity index (χ4v) is 1.68. The molecule has 76 valence electrons. The van der Waals surface area contributed by atoms with E-state index in [1.807, 2.05) is 11.9 Å². The molecule has 0 unspecified atom stereocenters. The van der Waals surface area contributed by atoms with Crippen LogP contribution in [0.4, 0.5) is 8.78 Å². The van der Waals surface area contributed by atoms with Crippen LogP contribution in [0.15, 0.2) is 0 Å². The Morgan fingerprint density at radius 2 is 1.85 bits per heavy atom. The van der Waals surface area contributed by atoms with Gasteiger partial charge in [-0.2, -0.15) is 0 Å². The Kier molecular flexibility index (Phi) is 2.71. The van der Waals surface area contributed by atoms with E-state index in [1.165, 1.54) is 0 Å². The molecule has 0 atom stereocenters. The zero-order chi connectivity index (χ0) is 10.1. The van der Waals surface area contributed by atoms with E-state index in [-0.39, 0.29) is 12.8 Å². The van der Waals surface area contributed by atoms with Gasteiger partial charge in [0.1, 0.15) is 6.29 Å². The van der Waals surface area contributed by atoms with Crippen LogP contribution in [0, 0.1) is 5.41 Å². The number of nitrogens with zero attached hydrogens (tertiary/aromatic N) is 1. The van der Waals surface area contributed by atoms with Crippen molar-refractivity contribution in [1.82, 2.24) is 4.90 Å². The summed E-state index contributed by atoms with van der Waals surface area (Å²) >= 11 is 0. The number of halogens is 2. The summed E-state index contributed by atoms with van der Waals surface area (Å²) in [7, 11) is 1.88. The average molecular weight is 191 g/mol. The highest BCUT2D eigenvalue weighted by Crippen LogP contribution is 2.42. The van der Waals surface area contributed by atoms with Crippen LogP contribution in [0.3, 0.4) is 0 Å². The molecule has 2 nitrogen and oxygen atoms in total. The molecule has 13 heavy (non-hydrogen) atoms. The molecule has 1 aliphatic heterocycles. The number of likely N-dealkylation sites (tertiary alicyclic amines) is 1. The highest BCUT2D eigenvalue weighted by molar-refractivity contribution is 5.61. The van der Waals surface area contributed by atoms with Crippen molar-refractivity contribution in [3.63, 3.8) is 0 Å². The monoisotopic (exact) mass is 191 g/mol. The van der Waals surface area contributed by atoms with Crippen LogP contribution in [0.5, 0.6) is 0 Å². The maximum absolute atomic E-state index is 13.1. The maximum Gasteiger partial charge on any atom is 0.257 e. The lowest BCUT2D eigenvalue weighted by Crippen LogP contribution is -2.48. The van der Waals surface area contributed by atoms with Gasteiger partial charge in [0.2, 0.25) is 0 Å². The zero-order valence-electron chi connectivity index (χ0n) is 8.02. The molecule has 0 saturated carbocycles. The van der Waals surface area contributed by atoms with Crippen molar-refractivity contribution in [1.29, 1.82) is 0 Å². The summed E-state index contributed by atoms with van der Waals surface area (Å²) in [6, 6.07) is 0. The van der Waals surface area contributed by atoms with Gasteiger partial charge in [0, 0.05) is 6.92 Å². The van der Waals surface area contributed by atoms with E-state index >= 15 is 0 Å². The second kappa shape index (κ2) is 3.33. The van der Waals surface area contributed by atoms with Gasteiger partial charge < -0.3 is 9.69 Å². The van der Waals surface area contributed by atoms with E-state index in [2.05, 4.69) is 0 Å². The molecule has 0 aromatic rings. The molecule has 1 saturated heterocycles. The Labute approximate surface area is 76.9 Å². The van der Waals surface area contributed by atoms with Crippen molar-refractivity contribution < 1.29 is 13.6 Å². The number of aldehydes is 1. The second-order valence-corrected chi connectivity index (χ2v) is 3.97. The Hall–Kier alpha value is -0.510. The van der Waals surface area contributed by atoms with Gasteiger partial charge in [0.15, 0.2) is 0 Å². The van der Waals surface area contributed by atoms with Crippen molar-refractivity contribution in [2.24, 2.45) is 5.41 Å². The normalized spacial score (nSPS) is 24.3. The third kappa shape index (κ3) is 1.88. The first-order chi connectivity index (χ1) is 5.91. The minimum atomic E-state index is -2.89. The molecule has 1 aliphatic rings. The minimum Gasteiger partial charge on any atom is -0.306 e. The molecule has 0 aromatic heterocycles. The Balaban J connectivity index is 2.78. The highest BCUT2D eigenvalue weighted by Gasteiger charge is 2.50. The van der Waals surface area contributed by atoms with Crippen LogP contribution in [0.2, 0.25) is 0 Å². The fourth-order valence-electron chi connectivity index (χ4n) is 1.68. The fraction of sp³-hybridized carbons (Fsp3) is 0.889. The van der Waals surface area contributed by atoms with Crippen molar-refractivity contribution >= 4 is 6.29 Å². The molecule has 1 rings (SSSR count). The molecule has 0 aliphatic carbocycles. The molecule has 0 amide bonds. The molecule has 0 radical (unpaired) electrons. The Morgan fingerprint density at radius 1 is 1.38 bits per heavy atom. The number of hydrogen-bond acceptors (Lipinski definition) is 2. The molecule has 1 heterocycles. The summed E-state index contributed by atoms with van der Waals surface area (Å²) in [5, 5.41) is 0. The Bertz CT molecular complexity index is 192. The van der Waals surface area contributed by atoms with Gasteiger partial charge in [-0.1, -0.05) is 0 Å². The summed E-state index contributed by atoms with van der Waals surface area (Å²) < 4.78 is 26.3. The van der Waals surface area contributed by atoms with Crippen LogP contribution < -0.4 is 0 Å². The molecule has 1 fully saturated rings. The first-order valence-corrected chi connectivity index (χ1v) is 4.44. The summed E-state index contributed by atoms with van der Waals surface area (Å²) in [5.74, 6) is -2.89. The van der Waals surface area contributed by atoms with Crippen molar-refractivity contribution in [3.8, 4) is 0 Å². The molecule has 0 spiro atoms. The lowest BCUT2D eigenvalue weighted by Gasteiger charge is -2.40. The van der Waals surface area contributed by atoms with Crippen molar-refractivity contribution in [2.45, 2.75) is 25.7 Å². The van der Waals surface area contributed by atoms with E-state index in [0.717, 1.165) is 6.92 Å². The Morgan fingerprint density at radius 3 is 2.15 bits per heavy atom. The SMILES string of the molecule is CN1CCC(C=O)(C(C)(F)F)CC1. The van der Waals surface area contributed by atoms with Gasteiger partial charge >= 0.3 is 0 Å². The molecule has 0 bridgehead atoms. The summed E-state index contributed by atoms with van der Waals surface area (Å²) in [4.78, 5) is 12.7. The first-order valence-electron chi connectivity index (χ1n) is 4.44. The van der Waals surface area contributed by atoms with Gasteiger partial charge in [0.25, 0.3) is 5.92 Å². The molecule has 4 heteroatoms. The number of alkyl halides is 2. The van der Waals surface area contributed by atoms with E-state index in [1.54, 1.807) is 0 Å². The summed E-state index contributed by atoms with van der Waals surface area (Å²) in [6.07, 6.45) is 0.965. The van der Waals surface area contributed by atoms with Crippen LogP contribution in [-0.4, -0.2) is 37.2 Å². The van der Waals surface area contributed by atoms with E-state index in [0.29, 0.717) is 19.4 Å². The van der Waals surface area contributed by atoms with Gasteiger partial charge in [0.05, 0.1) is 5.41 Å². The number of piperidine rings is 1. The van der Waals surface area contributed by atoms with Crippen molar-refractivity contribution in [3.05, 3.63) is 0 Å². The number of hydrogen-bond donors (Lipinski definition) is 0. The molecular weight excluding hydrogens is 176 g/mol. The second-order valence-electron chi connectivity index (χ2n) is 3.97. The van der Waals surface area contributed by atoms with Crippen molar-refractivity contribution in [2.75, 3.05) is 20.1 Å². The first kappa shape index (κ1) is 10.6. The van der Waals surface area contributed by atoms with Crippen LogP contribution >= 0.6 is 0 Å². The lowest BCUT2D eigenvalue weighted by atomic mass is 9.75. The van der Waals surface area contributed by atoms with E-state index in [4.69, 9.17) is 0 Å². The van der Waals surface area contributed by atoms with Gasteiger partial charge in [-0.05, 0) is 33.0 Å². The predicted molar refractivity (Wildman–Crippen MR) is 45.8 cm³/mol. The van der Waals surface area contributed by atoms with E-state index < -0.39 is 11.3 Å². The van der Waals surface area contributed by atoms with Crippen LogP contribution in [-0.2, 0) is 4.79 Å². The van der Waals surface area contributed by atoms with E-state index in [9.17, 15) is 13.6 Å². The third-order valence-corrected chi connectivity index (χ3v) is 2.98. The highest BCUT2D eigenvalue weighted by atomic mass is 19.3. The topological polar surface area (TPSA) is 20.3 Å². The van der Waals surface area contributed by atoms with Crippen LogP contribution in [0.25, 0.3) is 0 Å². The van der Waals surface area contributed by atoms with Crippen LogP contribution in [0.1, 0.15) is 19.8 Å². The molecule has 0 N–H and O–H groups in total. The summed E-state index contributed by atoms with van der Waals surface area (Å²) in [5.41, 5.74) is -1.42.